The van der Waals surface area contributed by atoms with E-state index in [1.807, 2.05) is 6.92 Å². The number of primary sulfonamides is 1. The first-order chi connectivity index (χ1) is 7.77. The van der Waals surface area contributed by atoms with Gasteiger partial charge in [0.15, 0.2) is 0 Å². The molecule has 1 aromatic carbocycles. The van der Waals surface area contributed by atoms with Crippen molar-refractivity contribution in [3.8, 4) is 0 Å². The van der Waals surface area contributed by atoms with Crippen LogP contribution in [0, 0.1) is 0 Å². The van der Waals surface area contributed by atoms with Gasteiger partial charge in [0.1, 0.15) is 0 Å². The molecule has 0 spiro atoms. The largest absolute Gasteiger partial charge is 0.481 e. The van der Waals surface area contributed by atoms with E-state index >= 15 is 0 Å². The average Bonchev–Trinajstić information content (AvgIpc) is 2.17. The highest BCUT2D eigenvalue weighted by atomic mass is 32.2. The molecule has 0 atom stereocenters. The fraction of sp³-hybridized carbons (Fsp3) is 0.300. The van der Waals surface area contributed by atoms with Crippen molar-refractivity contribution in [2.45, 2.75) is 24.7 Å². The molecule has 7 heteroatoms. The second-order valence-electron chi connectivity index (χ2n) is 3.26. The molecule has 0 bridgehead atoms. The predicted molar refractivity (Wildman–Crippen MR) is 64.8 cm³/mol. The lowest BCUT2D eigenvalue weighted by atomic mass is 10.3. The minimum Gasteiger partial charge on any atom is -0.481 e. The lowest BCUT2D eigenvalue weighted by molar-refractivity contribution is -0.137. The Kier molecular flexibility index (Phi) is 6.22. The van der Waals surface area contributed by atoms with E-state index in [2.05, 4.69) is 0 Å². The molecular weight excluding hydrogens is 244 g/mol. The SMILES string of the molecule is CCCC(=O)O.Nc1ccc(S(N)(=O)=O)cc1. The molecule has 0 amide bonds. The molecule has 6 nitrogen and oxygen atoms in total. The molecule has 1 rings (SSSR count). The number of nitrogen functional groups attached to an aromatic ring is 1. The number of aliphatic carboxylic acids is 1. The first kappa shape index (κ1) is 15.4. The van der Waals surface area contributed by atoms with Crippen LogP contribution >= 0.6 is 0 Å². The average molecular weight is 260 g/mol. The molecule has 0 aliphatic rings. The molecular formula is C10H16N2O4S. The van der Waals surface area contributed by atoms with Gasteiger partial charge in [-0.1, -0.05) is 6.92 Å². The zero-order chi connectivity index (χ0) is 13.5. The molecule has 5 N–H and O–H groups in total. The normalized spacial score (nSPS) is 10.2. The van der Waals surface area contributed by atoms with Crippen molar-refractivity contribution in [3.05, 3.63) is 24.3 Å². The molecule has 0 saturated carbocycles. The Morgan fingerprint density at radius 1 is 1.29 bits per heavy atom. The standard InChI is InChI=1S/C6H8N2O2S.C4H8O2/c7-5-1-3-6(4-2-5)11(8,9)10;1-2-3-4(5)6/h1-4H,7H2,(H2,8,9,10);2-3H2,1H3,(H,5,6). The van der Waals surface area contributed by atoms with E-state index < -0.39 is 16.0 Å². The fourth-order valence-corrected chi connectivity index (χ4v) is 1.39. The van der Waals surface area contributed by atoms with Gasteiger partial charge in [0, 0.05) is 12.1 Å². The highest BCUT2D eigenvalue weighted by Crippen LogP contribution is 2.08. The van der Waals surface area contributed by atoms with Gasteiger partial charge in [-0.25, -0.2) is 13.6 Å². The van der Waals surface area contributed by atoms with Crippen LogP contribution in [0.3, 0.4) is 0 Å². The molecule has 0 aliphatic heterocycles. The van der Waals surface area contributed by atoms with E-state index in [-0.39, 0.29) is 4.90 Å². The van der Waals surface area contributed by atoms with Gasteiger partial charge in [0.2, 0.25) is 10.0 Å². The first-order valence-corrected chi connectivity index (χ1v) is 6.42. The smallest absolute Gasteiger partial charge is 0.303 e. The summed E-state index contributed by atoms with van der Waals surface area (Å²) in [4.78, 5) is 9.67. The van der Waals surface area contributed by atoms with Crippen LogP contribution in [0.15, 0.2) is 29.2 Å². The van der Waals surface area contributed by atoms with Crippen molar-refractivity contribution in [1.29, 1.82) is 0 Å². The molecule has 0 fully saturated rings. The summed E-state index contributed by atoms with van der Waals surface area (Å²) in [5.41, 5.74) is 5.85. The molecule has 0 aromatic heterocycles. The number of hydrogen-bond acceptors (Lipinski definition) is 4. The van der Waals surface area contributed by atoms with Crippen LogP contribution in [0.4, 0.5) is 5.69 Å². The molecule has 0 radical (unpaired) electrons. The third-order valence-corrected chi connectivity index (χ3v) is 2.60. The second-order valence-corrected chi connectivity index (χ2v) is 4.82. The summed E-state index contributed by atoms with van der Waals surface area (Å²) in [6.45, 7) is 1.84. The number of rotatable bonds is 3. The van der Waals surface area contributed by atoms with E-state index in [4.69, 9.17) is 16.0 Å². The topological polar surface area (TPSA) is 123 Å². The number of hydrogen-bond donors (Lipinski definition) is 3. The highest BCUT2D eigenvalue weighted by molar-refractivity contribution is 7.89. The van der Waals surface area contributed by atoms with Crippen LogP contribution in [0.1, 0.15) is 19.8 Å². The Morgan fingerprint density at radius 3 is 2.00 bits per heavy atom. The summed E-state index contributed by atoms with van der Waals surface area (Å²) in [5, 5.41) is 12.8. The van der Waals surface area contributed by atoms with Crippen LogP contribution in [0.25, 0.3) is 0 Å². The minimum absolute atomic E-state index is 0.0756. The van der Waals surface area contributed by atoms with Crippen molar-refractivity contribution in [2.24, 2.45) is 5.14 Å². The van der Waals surface area contributed by atoms with Gasteiger partial charge in [-0.05, 0) is 30.7 Å². The molecule has 96 valence electrons. The maximum Gasteiger partial charge on any atom is 0.303 e. The first-order valence-electron chi connectivity index (χ1n) is 4.87. The third-order valence-electron chi connectivity index (χ3n) is 1.67. The highest BCUT2D eigenvalue weighted by Gasteiger charge is 2.04. The number of nitrogens with two attached hydrogens (primary N) is 2. The van der Waals surface area contributed by atoms with Gasteiger partial charge >= 0.3 is 5.97 Å². The Morgan fingerprint density at radius 2 is 1.76 bits per heavy atom. The summed E-state index contributed by atoms with van der Waals surface area (Å²) >= 11 is 0. The number of carboxylic acid groups (broad SMARTS) is 1. The summed E-state index contributed by atoms with van der Waals surface area (Å²) < 4.78 is 21.4. The van der Waals surface area contributed by atoms with Gasteiger partial charge in [-0.2, -0.15) is 0 Å². The van der Waals surface area contributed by atoms with Crippen molar-refractivity contribution in [3.63, 3.8) is 0 Å². The van der Waals surface area contributed by atoms with Gasteiger partial charge in [0.05, 0.1) is 4.90 Å². The zero-order valence-corrected chi connectivity index (χ0v) is 10.3. The summed E-state index contributed by atoms with van der Waals surface area (Å²) in [7, 11) is -3.58. The monoisotopic (exact) mass is 260 g/mol. The molecule has 0 aliphatic carbocycles. The minimum atomic E-state index is -3.58. The Hall–Kier alpha value is -1.60. The number of benzene rings is 1. The maximum atomic E-state index is 10.7. The van der Waals surface area contributed by atoms with Crippen molar-refractivity contribution >= 4 is 21.7 Å². The van der Waals surface area contributed by atoms with E-state index in [1.165, 1.54) is 24.3 Å². The molecule has 0 heterocycles. The maximum absolute atomic E-state index is 10.7. The fourth-order valence-electron chi connectivity index (χ4n) is 0.871. The molecule has 17 heavy (non-hydrogen) atoms. The lowest BCUT2D eigenvalue weighted by Gasteiger charge is -1.96. The summed E-state index contributed by atoms with van der Waals surface area (Å²) in [5.74, 6) is -0.711. The van der Waals surface area contributed by atoms with Crippen LogP contribution in [-0.4, -0.2) is 19.5 Å². The third kappa shape index (κ3) is 7.31. The second kappa shape index (κ2) is 6.87. The Balaban J connectivity index is 0.000000366. The van der Waals surface area contributed by atoms with Crippen LogP contribution in [0.5, 0.6) is 0 Å². The summed E-state index contributed by atoms with van der Waals surface area (Å²) in [6.07, 6.45) is 1.02. The van der Waals surface area contributed by atoms with Crippen LogP contribution in [0.2, 0.25) is 0 Å². The van der Waals surface area contributed by atoms with Crippen molar-refractivity contribution < 1.29 is 18.3 Å². The lowest BCUT2D eigenvalue weighted by Crippen LogP contribution is -2.11. The van der Waals surface area contributed by atoms with E-state index in [0.717, 1.165) is 6.42 Å². The van der Waals surface area contributed by atoms with Gasteiger partial charge in [-0.15, -0.1) is 0 Å². The van der Waals surface area contributed by atoms with Gasteiger partial charge in [-0.3, -0.25) is 4.79 Å². The van der Waals surface area contributed by atoms with Crippen LogP contribution < -0.4 is 10.9 Å². The van der Waals surface area contributed by atoms with Gasteiger partial charge in [0.25, 0.3) is 0 Å². The predicted octanol–water partition coefficient (Wildman–Crippen LogP) is 0.787. The molecule has 0 saturated heterocycles. The van der Waals surface area contributed by atoms with Crippen molar-refractivity contribution in [2.75, 3.05) is 5.73 Å². The van der Waals surface area contributed by atoms with E-state index in [1.54, 1.807) is 0 Å². The number of anilines is 1. The Labute approximate surface area is 100 Å². The zero-order valence-electron chi connectivity index (χ0n) is 9.46. The summed E-state index contributed by atoms with van der Waals surface area (Å²) in [6, 6.07) is 5.70. The molecule has 0 unspecified atom stereocenters. The number of sulfonamides is 1. The quantitative estimate of drug-likeness (QED) is 0.693. The number of carboxylic acids is 1. The molecule has 1 aromatic rings. The number of carbonyl (C=O) groups is 1. The van der Waals surface area contributed by atoms with E-state index in [9.17, 15) is 13.2 Å². The Bertz CT molecular complexity index is 454. The van der Waals surface area contributed by atoms with Crippen molar-refractivity contribution in [1.82, 2.24) is 0 Å². The van der Waals surface area contributed by atoms with Crippen LogP contribution in [-0.2, 0) is 14.8 Å². The van der Waals surface area contributed by atoms with Gasteiger partial charge < -0.3 is 10.8 Å². The van der Waals surface area contributed by atoms with E-state index in [0.29, 0.717) is 12.1 Å².